The number of nitrogens with one attached hydrogen (secondary N) is 1. The van der Waals surface area contributed by atoms with Crippen LogP contribution in [0.2, 0.25) is 0 Å². The van der Waals surface area contributed by atoms with Crippen LogP contribution in [0.25, 0.3) is 0 Å². The van der Waals surface area contributed by atoms with Crippen LogP contribution in [0.4, 0.5) is 10.1 Å². The molecule has 0 radical (unpaired) electrons. The second-order valence-corrected chi connectivity index (χ2v) is 4.02. The van der Waals surface area contributed by atoms with E-state index in [0.29, 0.717) is 5.92 Å². The third-order valence-corrected chi connectivity index (χ3v) is 2.41. The lowest BCUT2D eigenvalue weighted by atomic mass is 10.1. The topological polar surface area (TPSA) is 15.3 Å². The van der Waals surface area contributed by atoms with E-state index in [1.54, 1.807) is 12.1 Å². The van der Waals surface area contributed by atoms with Crippen molar-refractivity contribution in [2.75, 3.05) is 32.1 Å². The summed E-state index contributed by atoms with van der Waals surface area (Å²) >= 11 is 0. The Labute approximate surface area is 91.1 Å². The van der Waals surface area contributed by atoms with E-state index in [0.717, 1.165) is 18.8 Å². The molecule has 1 atom stereocenters. The quantitative estimate of drug-likeness (QED) is 0.800. The first kappa shape index (κ1) is 12.0. The molecule has 1 N–H and O–H groups in total. The summed E-state index contributed by atoms with van der Waals surface area (Å²) in [6.07, 6.45) is 0. The van der Waals surface area contributed by atoms with Gasteiger partial charge in [0.05, 0.1) is 0 Å². The molecule has 0 amide bonds. The van der Waals surface area contributed by atoms with Gasteiger partial charge in [0, 0.05) is 19.3 Å². The van der Waals surface area contributed by atoms with Crippen molar-refractivity contribution < 1.29 is 4.39 Å². The molecule has 3 heteroatoms. The molecule has 0 aromatic heterocycles. The first-order chi connectivity index (χ1) is 7.13. The molecular weight excluding hydrogens is 191 g/mol. The smallest absolute Gasteiger partial charge is 0.123 e. The summed E-state index contributed by atoms with van der Waals surface area (Å²) in [6, 6.07) is 6.60. The Bertz CT molecular complexity index is 284. The van der Waals surface area contributed by atoms with Crippen molar-refractivity contribution in [3.05, 3.63) is 30.1 Å². The highest BCUT2D eigenvalue weighted by molar-refractivity contribution is 5.45. The fourth-order valence-corrected chi connectivity index (χ4v) is 1.68. The molecule has 84 valence electrons. The van der Waals surface area contributed by atoms with Crippen LogP contribution in [0, 0.1) is 11.7 Å². The van der Waals surface area contributed by atoms with Gasteiger partial charge in [-0.1, -0.05) is 6.92 Å². The molecule has 0 bridgehead atoms. The van der Waals surface area contributed by atoms with Gasteiger partial charge in [-0.25, -0.2) is 4.39 Å². The van der Waals surface area contributed by atoms with E-state index in [4.69, 9.17) is 0 Å². The average molecular weight is 210 g/mol. The molecule has 0 spiro atoms. The Kier molecular flexibility index (Phi) is 4.56. The SMILES string of the molecule is CNCC(C)CN(C)c1ccc(F)cc1. The second kappa shape index (κ2) is 5.71. The Morgan fingerprint density at radius 1 is 1.33 bits per heavy atom. The van der Waals surface area contributed by atoms with Crippen LogP contribution in [0.15, 0.2) is 24.3 Å². The number of halogens is 1. The summed E-state index contributed by atoms with van der Waals surface area (Å²) in [6.45, 7) is 4.15. The maximum absolute atomic E-state index is 12.7. The number of rotatable bonds is 5. The third-order valence-electron chi connectivity index (χ3n) is 2.41. The molecular formula is C12H19FN2. The van der Waals surface area contributed by atoms with Crippen molar-refractivity contribution in [1.82, 2.24) is 5.32 Å². The number of hydrogen-bond donors (Lipinski definition) is 1. The molecule has 1 unspecified atom stereocenters. The van der Waals surface area contributed by atoms with Crippen LogP contribution < -0.4 is 10.2 Å². The molecule has 1 aromatic carbocycles. The summed E-state index contributed by atoms with van der Waals surface area (Å²) in [5, 5.41) is 3.15. The molecule has 0 saturated carbocycles. The minimum absolute atomic E-state index is 0.185. The average Bonchev–Trinajstić information content (AvgIpc) is 2.18. The van der Waals surface area contributed by atoms with Gasteiger partial charge in [-0.3, -0.25) is 0 Å². The zero-order valence-electron chi connectivity index (χ0n) is 9.63. The predicted molar refractivity (Wildman–Crippen MR) is 62.8 cm³/mol. The number of benzene rings is 1. The summed E-state index contributed by atoms with van der Waals surface area (Å²) in [4.78, 5) is 2.14. The lowest BCUT2D eigenvalue weighted by Crippen LogP contribution is -2.29. The Morgan fingerprint density at radius 3 is 2.47 bits per heavy atom. The van der Waals surface area contributed by atoms with E-state index >= 15 is 0 Å². The van der Waals surface area contributed by atoms with Gasteiger partial charge in [-0.05, 0) is 43.8 Å². The largest absolute Gasteiger partial charge is 0.374 e. The number of hydrogen-bond acceptors (Lipinski definition) is 2. The maximum Gasteiger partial charge on any atom is 0.123 e. The zero-order chi connectivity index (χ0) is 11.3. The van der Waals surface area contributed by atoms with Gasteiger partial charge in [0.25, 0.3) is 0 Å². The molecule has 0 aliphatic carbocycles. The van der Waals surface area contributed by atoms with Gasteiger partial charge < -0.3 is 10.2 Å². The number of nitrogens with zero attached hydrogens (tertiary/aromatic N) is 1. The van der Waals surface area contributed by atoms with Gasteiger partial charge >= 0.3 is 0 Å². The van der Waals surface area contributed by atoms with E-state index in [2.05, 4.69) is 17.1 Å². The van der Waals surface area contributed by atoms with Crippen molar-refractivity contribution in [3.63, 3.8) is 0 Å². The standard InChI is InChI=1S/C12H19FN2/c1-10(8-14-2)9-15(3)12-6-4-11(13)5-7-12/h4-7,10,14H,8-9H2,1-3H3. The highest BCUT2D eigenvalue weighted by atomic mass is 19.1. The van der Waals surface area contributed by atoms with Gasteiger partial charge in [-0.15, -0.1) is 0 Å². The monoisotopic (exact) mass is 210 g/mol. The number of anilines is 1. The molecule has 0 aliphatic rings. The Morgan fingerprint density at radius 2 is 1.93 bits per heavy atom. The molecule has 1 aromatic rings. The van der Waals surface area contributed by atoms with Gasteiger partial charge in [0.2, 0.25) is 0 Å². The van der Waals surface area contributed by atoms with Gasteiger partial charge in [0.1, 0.15) is 5.82 Å². The van der Waals surface area contributed by atoms with E-state index in [1.807, 2.05) is 14.1 Å². The predicted octanol–water partition coefficient (Wildman–Crippen LogP) is 2.12. The van der Waals surface area contributed by atoms with Crippen LogP contribution in [0.3, 0.4) is 0 Å². The lowest BCUT2D eigenvalue weighted by molar-refractivity contribution is 0.542. The lowest BCUT2D eigenvalue weighted by Gasteiger charge is -2.23. The Hall–Kier alpha value is -1.09. The minimum Gasteiger partial charge on any atom is -0.374 e. The molecule has 0 aliphatic heterocycles. The normalized spacial score (nSPS) is 12.5. The van der Waals surface area contributed by atoms with Gasteiger partial charge in [0.15, 0.2) is 0 Å². The second-order valence-electron chi connectivity index (χ2n) is 4.02. The van der Waals surface area contributed by atoms with Crippen LogP contribution in [0.1, 0.15) is 6.92 Å². The summed E-state index contributed by atoms with van der Waals surface area (Å²) < 4.78 is 12.7. The highest BCUT2D eigenvalue weighted by Gasteiger charge is 2.06. The molecule has 0 saturated heterocycles. The molecule has 2 nitrogen and oxygen atoms in total. The maximum atomic E-state index is 12.7. The fraction of sp³-hybridized carbons (Fsp3) is 0.500. The Balaban J connectivity index is 2.53. The first-order valence-corrected chi connectivity index (χ1v) is 5.24. The van der Waals surface area contributed by atoms with E-state index < -0.39 is 0 Å². The third kappa shape index (κ3) is 3.88. The van der Waals surface area contributed by atoms with Crippen LogP contribution >= 0.6 is 0 Å². The van der Waals surface area contributed by atoms with Crippen LogP contribution in [0.5, 0.6) is 0 Å². The first-order valence-electron chi connectivity index (χ1n) is 5.24. The van der Waals surface area contributed by atoms with Crippen molar-refractivity contribution >= 4 is 5.69 Å². The summed E-state index contributed by atoms with van der Waals surface area (Å²) in [5.74, 6) is 0.389. The van der Waals surface area contributed by atoms with E-state index in [-0.39, 0.29) is 5.82 Å². The molecule has 15 heavy (non-hydrogen) atoms. The van der Waals surface area contributed by atoms with Crippen LogP contribution in [-0.2, 0) is 0 Å². The van der Waals surface area contributed by atoms with Crippen LogP contribution in [-0.4, -0.2) is 27.2 Å². The summed E-state index contributed by atoms with van der Waals surface area (Å²) in [7, 11) is 3.98. The molecule has 1 rings (SSSR count). The van der Waals surface area contributed by atoms with E-state index in [9.17, 15) is 4.39 Å². The highest BCUT2D eigenvalue weighted by Crippen LogP contribution is 2.14. The summed E-state index contributed by atoms with van der Waals surface area (Å²) in [5.41, 5.74) is 1.05. The molecule has 0 fully saturated rings. The molecule has 0 heterocycles. The van der Waals surface area contributed by atoms with E-state index in [1.165, 1.54) is 12.1 Å². The van der Waals surface area contributed by atoms with Crippen molar-refractivity contribution in [3.8, 4) is 0 Å². The van der Waals surface area contributed by atoms with Crippen molar-refractivity contribution in [2.45, 2.75) is 6.92 Å². The van der Waals surface area contributed by atoms with Crippen molar-refractivity contribution in [2.24, 2.45) is 5.92 Å². The van der Waals surface area contributed by atoms with Gasteiger partial charge in [-0.2, -0.15) is 0 Å². The zero-order valence-corrected chi connectivity index (χ0v) is 9.63. The van der Waals surface area contributed by atoms with Crippen molar-refractivity contribution in [1.29, 1.82) is 0 Å². The minimum atomic E-state index is -0.185. The fourth-order valence-electron chi connectivity index (χ4n) is 1.68.